The molecule has 1 aromatic heterocycles. The van der Waals surface area contributed by atoms with E-state index in [0.29, 0.717) is 30.1 Å². The highest BCUT2D eigenvalue weighted by atomic mass is 19.4. The molecule has 3 fully saturated rings. The van der Waals surface area contributed by atoms with Crippen LogP contribution >= 0.6 is 0 Å². The van der Waals surface area contributed by atoms with Crippen LogP contribution in [0.1, 0.15) is 43.1 Å². The van der Waals surface area contributed by atoms with Crippen molar-refractivity contribution in [2.24, 2.45) is 11.8 Å². The monoisotopic (exact) mass is 405 g/mol. The van der Waals surface area contributed by atoms with Crippen molar-refractivity contribution in [1.82, 2.24) is 14.9 Å². The Balaban J connectivity index is 1.43. The van der Waals surface area contributed by atoms with E-state index in [1.807, 2.05) is 12.1 Å². The van der Waals surface area contributed by atoms with E-state index in [1.54, 1.807) is 7.11 Å². The van der Waals surface area contributed by atoms with Crippen molar-refractivity contribution in [1.29, 1.82) is 0 Å². The number of fused-ring (bicyclic) bond motifs is 2. The molecule has 0 radical (unpaired) electrons. The Labute approximate surface area is 169 Å². The smallest absolute Gasteiger partial charge is 0.434 e. The number of halogens is 3. The van der Waals surface area contributed by atoms with Gasteiger partial charge in [0.1, 0.15) is 5.75 Å². The molecular formula is C22H26F3N3O. The SMILES string of the molecule is COc1ccc(CN2C3CC(C3)[C@@H](C)[C@H]2CCc2cnc(C(F)(F)F)cn2)cc1. The van der Waals surface area contributed by atoms with Crippen LogP contribution in [0.3, 0.4) is 0 Å². The summed E-state index contributed by atoms with van der Waals surface area (Å²) in [7, 11) is 1.66. The van der Waals surface area contributed by atoms with Crippen LogP contribution in [-0.4, -0.2) is 34.1 Å². The largest absolute Gasteiger partial charge is 0.497 e. The van der Waals surface area contributed by atoms with E-state index < -0.39 is 11.9 Å². The van der Waals surface area contributed by atoms with Gasteiger partial charge in [0.25, 0.3) is 0 Å². The van der Waals surface area contributed by atoms with Crippen LogP contribution in [0.4, 0.5) is 13.2 Å². The Bertz CT molecular complexity index is 817. The molecular weight excluding hydrogens is 379 g/mol. The van der Waals surface area contributed by atoms with Crippen LogP contribution in [0.15, 0.2) is 36.7 Å². The van der Waals surface area contributed by atoms with E-state index >= 15 is 0 Å². The summed E-state index contributed by atoms with van der Waals surface area (Å²) in [6.45, 7) is 3.19. The fourth-order valence-corrected chi connectivity index (χ4v) is 4.76. The molecule has 3 heterocycles. The molecule has 29 heavy (non-hydrogen) atoms. The van der Waals surface area contributed by atoms with Gasteiger partial charge in [0.05, 0.1) is 19.0 Å². The molecule has 0 N–H and O–H groups in total. The molecule has 3 aliphatic rings. The zero-order valence-electron chi connectivity index (χ0n) is 16.7. The second-order valence-corrected chi connectivity index (χ2v) is 8.26. The molecule has 1 aromatic carbocycles. The second-order valence-electron chi connectivity index (χ2n) is 8.26. The molecule has 2 aliphatic heterocycles. The Kier molecular flexibility index (Phi) is 5.51. The number of alkyl halides is 3. The van der Waals surface area contributed by atoms with Crippen LogP contribution in [0.25, 0.3) is 0 Å². The van der Waals surface area contributed by atoms with Gasteiger partial charge in [0.2, 0.25) is 0 Å². The third-order valence-electron chi connectivity index (χ3n) is 6.61. The number of methoxy groups -OCH3 is 1. The third kappa shape index (κ3) is 4.25. The van der Waals surface area contributed by atoms with E-state index in [9.17, 15) is 13.2 Å². The number of rotatable bonds is 6. The van der Waals surface area contributed by atoms with Crippen LogP contribution < -0.4 is 4.74 Å². The third-order valence-corrected chi connectivity index (χ3v) is 6.61. The average Bonchev–Trinajstić information content (AvgIpc) is 2.66. The minimum Gasteiger partial charge on any atom is -0.497 e. The predicted octanol–water partition coefficient (Wildman–Crippen LogP) is 4.74. The first-order chi connectivity index (χ1) is 13.8. The summed E-state index contributed by atoms with van der Waals surface area (Å²) >= 11 is 0. The Morgan fingerprint density at radius 2 is 1.83 bits per heavy atom. The molecule has 5 rings (SSSR count). The molecule has 2 bridgehead atoms. The summed E-state index contributed by atoms with van der Waals surface area (Å²) in [4.78, 5) is 10.1. The Morgan fingerprint density at radius 1 is 1.10 bits per heavy atom. The molecule has 2 atom stereocenters. The van der Waals surface area contributed by atoms with Crippen molar-refractivity contribution >= 4 is 0 Å². The first kappa shape index (κ1) is 20.1. The van der Waals surface area contributed by atoms with Crippen molar-refractivity contribution in [2.45, 2.75) is 57.4 Å². The second kappa shape index (κ2) is 7.94. The number of aryl methyl sites for hydroxylation is 1. The number of benzene rings is 1. The van der Waals surface area contributed by atoms with Gasteiger partial charge in [-0.1, -0.05) is 19.1 Å². The minimum absolute atomic E-state index is 0.402. The van der Waals surface area contributed by atoms with Gasteiger partial charge >= 0.3 is 6.18 Å². The number of nitrogens with zero attached hydrogens (tertiary/aromatic N) is 3. The molecule has 7 heteroatoms. The van der Waals surface area contributed by atoms with Gasteiger partial charge in [0.15, 0.2) is 5.69 Å². The van der Waals surface area contributed by atoms with E-state index in [4.69, 9.17) is 4.74 Å². The first-order valence-corrected chi connectivity index (χ1v) is 10.1. The van der Waals surface area contributed by atoms with Gasteiger partial charge in [-0.25, -0.2) is 4.98 Å². The highest BCUT2D eigenvalue weighted by Gasteiger charge is 2.48. The zero-order chi connectivity index (χ0) is 20.6. The molecule has 0 spiro atoms. The van der Waals surface area contributed by atoms with E-state index in [-0.39, 0.29) is 0 Å². The highest BCUT2D eigenvalue weighted by Crippen LogP contribution is 2.48. The number of hydrogen-bond acceptors (Lipinski definition) is 4. The lowest BCUT2D eigenvalue weighted by Crippen LogP contribution is -2.60. The number of piperidine rings is 2. The number of hydrogen-bond donors (Lipinski definition) is 0. The van der Waals surface area contributed by atoms with E-state index in [0.717, 1.165) is 30.8 Å². The van der Waals surface area contributed by atoms with Crippen molar-refractivity contribution < 1.29 is 17.9 Å². The van der Waals surface area contributed by atoms with Gasteiger partial charge in [-0.05, 0) is 55.2 Å². The lowest BCUT2D eigenvalue weighted by atomic mass is 9.64. The first-order valence-electron chi connectivity index (χ1n) is 10.1. The summed E-state index contributed by atoms with van der Waals surface area (Å²) in [5.74, 6) is 2.18. The lowest BCUT2D eigenvalue weighted by Gasteiger charge is -2.57. The molecule has 1 aliphatic carbocycles. The molecule has 156 valence electrons. The summed E-state index contributed by atoms with van der Waals surface area (Å²) in [5, 5.41) is 0. The van der Waals surface area contributed by atoms with Gasteiger partial charge in [-0.3, -0.25) is 9.88 Å². The van der Waals surface area contributed by atoms with Crippen molar-refractivity contribution in [3.63, 3.8) is 0 Å². The topological polar surface area (TPSA) is 38.2 Å². The molecule has 4 nitrogen and oxygen atoms in total. The number of aromatic nitrogens is 2. The zero-order valence-corrected chi connectivity index (χ0v) is 16.7. The fraction of sp³-hybridized carbons (Fsp3) is 0.545. The normalized spacial score (nSPS) is 26.8. The van der Waals surface area contributed by atoms with Crippen molar-refractivity contribution in [3.05, 3.63) is 53.6 Å². The minimum atomic E-state index is -4.44. The Morgan fingerprint density at radius 3 is 2.41 bits per heavy atom. The number of ether oxygens (including phenoxy) is 1. The summed E-state index contributed by atoms with van der Waals surface area (Å²) < 4.78 is 43.3. The average molecular weight is 405 g/mol. The standard InChI is InChI=1S/C22H26F3N3O/c1-14-16-9-18(10-16)28(13-15-3-6-19(29-2)7-4-15)20(14)8-5-17-11-27-21(12-26-17)22(23,24)25/h3-4,6-7,11-12,14,16,18,20H,5,8-10,13H2,1-2H3/t14-,16?,18?,20-/m1/s1. The quantitative estimate of drug-likeness (QED) is 0.696. The molecule has 2 saturated heterocycles. The van der Waals surface area contributed by atoms with Crippen molar-refractivity contribution in [2.75, 3.05) is 7.11 Å². The maximum atomic E-state index is 12.7. The summed E-state index contributed by atoms with van der Waals surface area (Å²) in [6.07, 6.45) is 1.67. The maximum Gasteiger partial charge on any atom is 0.434 e. The van der Waals surface area contributed by atoms with Crippen LogP contribution in [0.2, 0.25) is 0 Å². The predicted molar refractivity (Wildman–Crippen MR) is 103 cm³/mol. The van der Waals surface area contributed by atoms with E-state index in [2.05, 4.69) is 33.9 Å². The molecule has 2 aromatic rings. The van der Waals surface area contributed by atoms with Gasteiger partial charge < -0.3 is 4.74 Å². The van der Waals surface area contributed by atoms with Gasteiger partial charge in [0, 0.05) is 24.8 Å². The van der Waals surface area contributed by atoms with Crippen LogP contribution in [-0.2, 0) is 19.1 Å². The summed E-state index contributed by atoms with van der Waals surface area (Å²) in [5.41, 5.74) is 0.936. The van der Waals surface area contributed by atoms with Gasteiger partial charge in [-0.2, -0.15) is 13.2 Å². The molecule has 0 amide bonds. The van der Waals surface area contributed by atoms with Gasteiger partial charge in [-0.15, -0.1) is 0 Å². The van der Waals surface area contributed by atoms with E-state index in [1.165, 1.54) is 24.6 Å². The summed E-state index contributed by atoms with van der Waals surface area (Å²) in [6, 6.07) is 9.18. The fourth-order valence-electron chi connectivity index (χ4n) is 4.76. The molecule has 0 unspecified atom stereocenters. The van der Waals surface area contributed by atoms with Crippen molar-refractivity contribution in [3.8, 4) is 5.75 Å². The van der Waals surface area contributed by atoms with Crippen LogP contribution in [0.5, 0.6) is 5.75 Å². The molecule has 1 saturated carbocycles. The van der Waals surface area contributed by atoms with Crippen LogP contribution in [0, 0.1) is 11.8 Å². The lowest BCUT2D eigenvalue weighted by molar-refractivity contribution is -0.141. The Hall–Kier alpha value is -2.15. The highest BCUT2D eigenvalue weighted by molar-refractivity contribution is 5.27. The maximum absolute atomic E-state index is 12.7.